The monoisotopic (exact) mass is 430 g/mol. The van der Waals surface area contributed by atoms with Crippen molar-refractivity contribution in [2.75, 3.05) is 20.2 Å². The minimum absolute atomic E-state index is 0.0623. The van der Waals surface area contributed by atoms with Crippen LogP contribution in [0.25, 0.3) is 0 Å². The molecule has 162 valence electrons. The largest absolute Gasteiger partial charge is 0.497 e. The van der Waals surface area contributed by atoms with E-state index in [9.17, 15) is 4.79 Å². The Labute approximate surface area is 183 Å². The van der Waals surface area contributed by atoms with Crippen LogP contribution >= 0.6 is 12.2 Å². The van der Waals surface area contributed by atoms with E-state index < -0.39 is 5.60 Å². The Morgan fingerprint density at radius 1 is 1.13 bits per heavy atom. The van der Waals surface area contributed by atoms with E-state index in [1.54, 1.807) is 12.0 Å². The van der Waals surface area contributed by atoms with Gasteiger partial charge in [-0.25, -0.2) is 4.79 Å². The average Bonchev–Trinajstić information content (AvgIpc) is 2.69. The Morgan fingerprint density at radius 2 is 1.87 bits per heavy atom. The van der Waals surface area contributed by atoms with Crippen molar-refractivity contribution in [2.24, 2.45) is 0 Å². The summed E-state index contributed by atoms with van der Waals surface area (Å²) in [5, 5.41) is 0. The van der Waals surface area contributed by atoms with Crippen LogP contribution in [0.3, 0.4) is 0 Å². The zero-order valence-electron chi connectivity index (χ0n) is 18.1. The molecule has 0 saturated carbocycles. The first-order valence-electron chi connectivity index (χ1n) is 10.2. The van der Waals surface area contributed by atoms with Crippen molar-refractivity contribution in [1.82, 2.24) is 9.47 Å². The number of rotatable bonds is 5. The topological polar surface area (TPSA) is 52.9 Å². The first-order valence-corrected chi connectivity index (χ1v) is 10.6. The molecule has 0 bridgehead atoms. The highest BCUT2D eigenvalue weighted by atomic mass is 32.1. The molecule has 1 aliphatic heterocycles. The van der Waals surface area contributed by atoms with Crippen molar-refractivity contribution in [3.8, 4) is 11.5 Å². The summed E-state index contributed by atoms with van der Waals surface area (Å²) >= 11 is 5.55. The van der Waals surface area contributed by atoms with Crippen LogP contribution in [0.5, 0.6) is 11.5 Å². The fourth-order valence-corrected chi connectivity index (χ4v) is 3.58. The molecule has 0 N–H and O–H groups in total. The molecule has 1 aromatic carbocycles. The van der Waals surface area contributed by atoms with Crippen molar-refractivity contribution in [3.63, 3.8) is 0 Å². The lowest BCUT2D eigenvalue weighted by Crippen LogP contribution is -2.44. The Morgan fingerprint density at radius 3 is 2.50 bits per heavy atom. The summed E-state index contributed by atoms with van der Waals surface area (Å²) in [6.45, 7) is 7.56. The highest BCUT2D eigenvalue weighted by molar-refractivity contribution is 7.71. The van der Waals surface area contributed by atoms with Gasteiger partial charge in [-0.3, -0.25) is 0 Å². The molecule has 0 radical (unpaired) electrons. The maximum Gasteiger partial charge on any atom is 0.410 e. The number of aromatic nitrogens is 1. The van der Waals surface area contributed by atoms with E-state index in [1.807, 2.05) is 67.9 Å². The standard InChI is InChI=1S/C23H30N2O4S/c1-23(2,3)29-22(26)24-11-8-18(9-12-24)28-20-10-13-25(21(30)15-20)16-17-6-5-7-19(14-17)27-4/h5-7,10,13-15,18H,8-9,11-12,16H2,1-4H3. The number of likely N-dealkylation sites (tertiary alicyclic amines) is 1. The average molecular weight is 431 g/mol. The number of carbonyl (C=O) groups excluding carboxylic acids is 1. The Balaban J connectivity index is 1.55. The minimum Gasteiger partial charge on any atom is -0.497 e. The molecule has 0 aliphatic carbocycles. The summed E-state index contributed by atoms with van der Waals surface area (Å²) in [7, 11) is 1.66. The molecule has 7 heteroatoms. The molecular formula is C23H30N2O4S. The molecule has 1 saturated heterocycles. The molecule has 3 rings (SSSR count). The molecule has 0 atom stereocenters. The van der Waals surface area contributed by atoms with Gasteiger partial charge >= 0.3 is 6.09 Å². The highest BCUT2D eigenvalue weighted by Gasteiger charge is 2.27. The molecular weight excluding hydrogens is 400 g/mol. The van der Waals surface area contributed by atoms with E-state index in [2.05, 4.69) is 0 Å². The van der Waals surface area contributed by atoms with Crippen LogP contribution in [0.2, 0.25) is 0 Å². The van der Waals surface area contributed by atoms with Crippen molar-refractivity contribution in [3.05, 3.63) is 52.8 Å². The molecule has 30 heavy (non-hydrogen) atoms. The summed E-state index contributed by atoms with van der Waals surface area (Å²) < 4.78 is 19.6. The third-order valence-electron chi connectivity index (χ3n) is 4.85. The summed E-state index contributed by atoms with van der Waals surface area (Å²) in [5.74, 6) is 1.59. The summed E-state index contributed by atoms with van der Waals surface area (Å²) in [4.78, 5) is 13.9. The number of piperidine rings is 1. The number of methoxy groups -OCH3 is 1. The van der Waals surface area contributed by atoms with E-state index in [4.69, 9.17) is 26.4 Å². The van der Waals surface area contributed by atoms with Gasteiger partial charge in [0.2, 0.25) is 0 Å². The summed E-state index contributed by atoms with van der Waals surface area (Å²) in [5.41, 5.74) is 0.642. The normalized spacial score (nSPS) is 15.0. The number of carbonyl (C=O) groups is 1. The number of pyridine rings is 1. The number of ether oxygens (including phenoxy) is 3. The SMILES string of the molecule is COc1cccc(Cn2ccc(OC3CCN(C(=O)OC(C)(C)C)CC3)cc2=S)c1. The third kappa shape index (κ3) is 6.23. The van der Waals surface area contributed by atoms with E-state index >= 15 is 0 Å². The van der Waals surface area contributed by atoms with Gasteiger partial charge in [0.15, 0.2) is 0 Å². The van der Waals surface area contributed by atoms with Crippen LogP contribution in [0, 0.1) is 4.64 Å². The molecule has 2 aromatic rings. The van der Waals surface area contributed by atoms with E-state index in [0.29, 0.717) is 24.3 Å². The van der Waals surface area contributed by atoms with Crippen LogP contribution in [0.1, 0.15) is 39.2 Å². The van der Waals surface area contributed by atoms with Crippen molar-refractivity contribution >= 4 is 18.3 Å². The zero-order chi connectivity index (χ0) is 21.7. The molecule has 0 unspecified atom stereocenters. The van der Waals surface area contributed by atoms with Crippen LogP contribution in [0.4, 0.5) is 4.79 Å². The maximum absolute atomic E-state index is 12.2. The fraction of sp³-hybridized carbons (Fsp3) is 0.478. The van der Waals surface area contributed by atoms with E-state index in [0.717, 1.165) is 29.9 Å². The smallest absolute Gasteiger partial charge is 0.410 e. The minimum atomic E-state index is -0.478. The van der Waals surface area contributed by atoms with Crippen molar-refractivity contribution in [2.45, 2.75) is 51.9 Å². The Kier molecular flexibility index (Phi) is 7.02. The van der Waals surface area contributed by atoms with Crippen LogP contribution in [-0.2, 0) is 11.3 Å². The molecule has 2 heterocycles. The van der Waals surface area contributed by atoms with Gasteiger partial charge in [0.05, 0.1) is 7.11 Å². The van der Waals surface area contributed by atoms with E-state index in [1.165, 1.54) is 0 Å². The third-order valence-corrected chi connectivity index (χ3v) is 5.20. The van der Waals surface area contributed by atoms with Crippen molar-refractivity contribution < 1.29 is 19.0 Å². The predicted molar refractivity (Wildman–Crippen MR) is 119 cm³/mol. The number of nitrogens with zero attached hydrogens (tertiary/aromatic N) is 2. The Bertz CT molecular complexity index is 927. The first-order chi connectivity index (χ1) is 14.2. The lowest BCUT2D eigenvalue weighted by Gasteiger charge is -2.33. The molecule has 1 aliphatic rings. The number of benzene rings is 1. The summed E-state index contributed by atoms with van der Waals surface area (Å²) in [6, 6.07) is 11.8. The van der Waals surface area contributed by atoms with Gasteiger partial charge in [-0.2, -0.15) is 0 Å². The van der Waals surface area contributed by atoms with Gasteiger partial charge < -0.3 is 23.7 Å². The van der Waals surface area contributed by atoms with Crippen molar-refractivity contribution in [1.29, 1.82) is 0 Å². The van der Waals surface area contributed by atoms with Crippen LogP contribution in [-0.4, -0.2) is 47.5 Å². The lowest BCUT2D eigenvalue weighted by molar-refractivity contribution is 0.0126. The Hall–Kier alpha value is -2.54. The molecule has 1 fully saturated rings. The number of amides is 1. The molecule has 1 amide bonds. The molecule has 1 aromatic heterocycles. The van der Waals surface area contributed by atoms with Gasteiger partial charge in [0.25, 0.3) is 0 Å². The van der Waals surface area contributed by atoms with Gasteiger partial charge in [0.1, 0.15) is 27.8 Å². The van der Waals surface area contributed by atoms with Crippen LogP contribution in [0.15, 0.2) is 42.6 Å². The quantitative estimate of drug-likeness (QED) is 0.621. The van der Waals surface area contributed by atoms with Crippen LogP contribution < -0.4 is 9.47 Å². The first kappa shape index (κ1) is 22.2. The maximum atomic E-state index is 12.2. The van der Waals surface area contributed by atoms with Gasteiger partial charge in [-0.1, -0.05) is 24.4 Å². The molecule has 0 spiro atoms. The van der Waals surface area contributed by atoms with E-state index in [-0.39, 0.29) is 12.2 Å². The highest BCUT2D eigenvalue weighted by Crippen LogP contribution is 2.21. The second-order valence-corrected chi connectivity index (χ2v) is 8.88. The lowest BCUT2D eigenvalue weighted by atomic mass is 10.1. The number of hydrogen-bond donors (Lipinski definition) is 0. The second kappa shape index (κ2) is 9.51. The van der Waals surface area contributed by atoms with Gasteiger partial charge in [-0.05, 0) is 44.5 Å². The van der Waals surface area contributed by atoms with Gasteiger partial charge in [0, 0.05) is 44.7 Å². The predicted octanol–water partition coefficient (Wildman–Crippen LogP) is 5.05. The second-order valence-electron chi connectivity index (χ2n) is 8.46. The van der Waals surface area contributed by atoms with Gasteiger partial charge in [-0.15, -0.1) is 0 Å². The fourth-order valence-electron chi connectivity index (χ4n) is 3.34. The molecule has 6 nitrogen and oxygen atoms in total. The zero-order valence-corrected chi connectivity index (χ0v) is 18.9. The summed E-state index contributed by atoms with van der Waals surface area (Å²) in [6.07, 6.45) is 3.29. The number of hydrogen-bond acceptors (Lipinski definition) is 5.